The number of fused-ring (bicyclic) bond motifs is 1. The molecule has 1 N–H and O–H groups in total. The quantitative estimate of drug-likeness (QED) is 0.943. The topological polar surface area (TPSA) is 74.7 Å². The smallest absolute Gasteiger partial charge is 0.335 e. The largest absolute Gasteiger partial charge is 0.478 e. The van der Waals surface area contributed by atoms with Gasteiger partial charge in [0, 0.05) is 6.54 Å². The van der Waals surface area contributed by atoms with Crippen LogP contribution in [0.25, 0.3) is 0 Å². The van der Waals surface area contributed by atoms with Crippen LogP contribution in [0.1, 0.15) is 21.5 Å². The number of hydrogen-bond donors (Lipinski definition) is 1. The first kappa shape index (κ1) is 14.6. The first-order valence-corrected chi connectivity index (χ1v) is 8.29. The number of rotatable bonds is 3. The number of aromatic carboxylic acids is 1. The van der Waals surface area contributed by atoms with Crippen molar-refractivity contribution in [1.29, 1.82) is 0 Å². The summed E-state index contributed by atoms with van der Waals surface area (Å²) >= 11 is 0. The van der Waals surface area contributed by atoms with Crippen molar-refractivity contribution in [3.63, 3.8) is 0 Å². The van der Waals surface area contributed by atoms with Crippen LogP contribution in [0.3, 0.4) is 0 Å². The second kappa shape index (κ2) is 5.14. The van der Waals surface area contributed by atoms with Gasteiger partial charge in [0.25, 0.3) is 10.0 Å². The minimum atomic E-state index is -3.62. The molecule has 0 radical (unpaired) electrons. The van der Waals surface area contributed by atoms with Crippen LogP contribution >= 0.6 is 0 Å². The van der Waals surface area contributed by atoms with Crippen molar-refractivity contribution in [2.45, 2.75) is 18.2 Å². The second-order valence-corrected chi connectivity index (χ2v) is 7.15. The average Bonchev–Trinajstić information content (AvgIpc) is 2.91. The Balaban J connectivity index is 2.02. The predicted molar refractivity (Wildman–Crippen MR) is 82.8 cm³/mol. The van der Waals surface area contributed by atoms with E-state index in [0.29, 0.717) is 18.7 Å². The summed E-state index contributed by atoms with van der Waals surface area (Å²) in [5.41, 5.74) is 2.47. The maximum atomic E-state index is 12.7. The first-order chi connectivity index (χ1) is 10.4. The maximum absolute atomic E-state index is 12.7. The fraction of sp³-hybridized carbons (Fsp3) is 0.188. The van der Waals surface area contributed by atoms with E-state index in [0.717, 1.165) is 11.1 Å². The molecular formula is C16H15NO4S. The van der Waals surface area contributed by atoms with E-state index >= 15 is 0 Å². The molecule has 1 heterocycles. The molecule has 0 unspecified atom stereocenters. The summed E-state index contributed by atoms with van der Waals surface area (Å²) in [7, 11) is -3.62. The van der Waals surface area contributed by atoms with E-state index in [1.165, 1.54) is 10.4 Å². The minimum absolute atomic E-state index is 0.174. The molecule has 0 fully saturated rings. The number of nitrogens with zero attached hydrogens (tertiary/aromatic N) is 1. The highest BCUT2D eigenvalue weighted by Gasteiger charge is 2.31. The molecule has 0 spiro atoms. The van der Waals surface area contributed by atoms with Gasteiger partial charge in [-0.15, -0.1) is 0 Å². The summed E-state index contributed by atoms with van der Waals surface area (Å²) in [6, 6.07) is 11.3. The van der Waals surface area contributed by atoms with Gasteiger partial charge >= 0.3 is 5.97 Å². The van der Waals surface area contributed by atoms with Gasteiger partial charge in [-0.25, -0.2) is 13.2 Å². The lowest BCUT2D eigenvalue weighted by Crippen LogP contribution is -2.29. The lowest BCUT2D eigenvalue weighted by Gasteiger charge is -2.19. The molecule has 2 aromatic rings. The van der Waals surface area contributed by atoms with Crippen LogP contribution in [0.15, 0.2) is 47.4 Å². The van der Waals surface area contributed by atoms with Gasteiger partial charge in [0.05, 0.1) is 16.1 Å². The summed E-state index contributed by atoms with van der Waals surface area (Å²) in [6.45, 7) is 2.23. The normalized spacial score (nSPS) is 14.0. The molecule has 0 amide bonds. The predicted octanol–water partition coefficient (Wildman–Crippen LogP) is 2.44. The number of hydrogen-bond acceptors (Lipinski definition) is 3. The molecule has 6 heteroatoms. The molecule has 2 aromatic carbocycles. The van der Waals surface area contributed by atoms with Crippen molar-refractivity contribution in [3.05, 3.63) is 59.2 Å². The van der Waals surface area contributed by atoms with Crippen LogP contribution in [0, 0.1) is 6.92 Å². The molecule has 3 rings (SSSR count). The average molecular weight is 317 g/mol. The van der Waals surface area contributed by atoms with Crippen molar-refractivity contribution in [2.75, 3.05) is 10.8 Å². The zero-order valence-corrected chi connectivity index (χ0v) is 12.8. The van der Waals surface area contributed by atoms with Gasteiger partial charge in [-0.05, 0) is 49.2 Å². The molecule has 114 valence electrons. The van der Waals surface area contributed by atoms with E-state index < -0.39 is 16.0 Å². The zero-order chi connectivity index (χ0) is 15.9. The van der Waals surface area contributed by atoms with Gasteiger partial charge in [-0.1, -0.05) is 17.7 Å². The van der Waals surface area contributed by atoms with Crippen LogP contribution in [0.2, 0.25) is 0 Å². The van der Waals surface area contributed by atoms with Gasteiger partial charge in [0.2, 0.25) is 0 Å². The van der Waals surface area contributed by atoms with Crippen molar-refractivity contribution in [3.8, 4) is 0 Å². The van der Waals surface area contributed by atoms with Crippen molar-refractivity contribution in [2.24, 2.45) is 0 Å². The molecular weight excluding hydrogens is 302 g/mol. The summed E-state index contributed by atoms with van der Waals surface area (Å²) in [5, 5.41) is 9.01. The first-order valence-electron chi connectivity index (χ1n) is 6.85. The number of aryl methyl sites for hydroxylation is 1. The highest BCUT2D eigenvalue weighted by molar-refractivity contribution is 7.92. The summed E-state index contributed by atoms with van der Waals surface area (Å²) in [5.74, 6) is -1.01. The molecule has 0 saturated heterocycles. The molecule has 5 nitrogen and oxygen atoms in total. The van der Waals surface area contributed by atoms with Crippen LogP contribution in [-0.2, 0) is 16.4 Å². The SMILES string of the molecule is Cc1ccc(S(=O)(=O)N2CCc3cc(C(=O)O)ccc32)cc1. The van der Waals surface area contributed by atoms with Crippen LogP contribution in [-0.4, -0.2) is 26.0 Å². The highest BCUT2D eigenvalue weighted by Crippen LogP contribution is 2.33. The van der Waals surface area contributed by atoms with E-state index in [4.69, 9.17) is 5.11 Å². The van der Waals surface area contributed by atoms with Gasteiger partial charge in [-0.2, -0.15) is 0 Å². The monoisotopic (exact) mass is 317 g/mol. The van der Waals surface area contributed by atoms with Gasteiger partial charge in [0.1, 0.15) is 0 Å². The third-order valence-electron chi connectivity index (χ3n) is 3.79. The van der Waals surface area contributed by atoms with Gasteiger partial charge < -0.3 is 5.11 Å². The van der Waals surface area contributed by atoms with Crippen LogP contribution in [0.5, 0.6) is 0 Å². The third-order valence-corrected chi connectivity index (χ3v) is 5.62. The van der Waals surface area contributed by atoms with Crippen molar-refractivity contribution >= 4 is 21.7 Å². The summed E-state index contributed by atoms with van der Waals surface area (Å²) in [6.07, 6.45) is 0.515. The fourth-order valence-corrected chi connectivity index (χ4v) is 4.09. The molecule has 1 aliphatic rings. The van der Waals surface area contributed by atoms with E-state index in [9.17, 15) is 13.2 Å². The summed E-state index contributed by atoms with van der Waals surface area (Å²) < 4.78 is 26.8. The van der Waals surface area contributed by atoms with Crippen LogP contribution in [0.4, 0.5) is 5.69 Å². The summed E-state index contributed by atoms with van der Waals surface area (Å²) in [4.78, 5) is 11.2. The Morgan fingerprint density at radius 1 is 1.14 bits per heavy atom. The molecule has 0 saturated carbocycles. The molecule has 0 atom stereocenters. The minimum Gasteiger partial charge on any atom is -0.478 e. The number of carbonyl (C=O) groups is 1. The Bertz CT molecular complexity index is 841. The highest BCUT2D eigenvalue weighted by atomic mass is 32.2. The number of anilines is 1. The number of sulfonamides is 1. The van der Waals surface area contributed by atoms with E-state index in [-0.39, 0.29) is 10.5 Å². The van der Waals surface area contributed by atoms with Crippen LogP contribution < -0.4 is 4.31 Å². The van der Waals surface area contributed by atoms with E-state index in [2.05, 4.69) is 0 Å². The standard InChI is InChI=1S/C16H15NO4S/c1-11-2-5-14(6-3-11)22(20,21)17-9-8-12-10-13(16(18)19)4-7-15(12)17/h2-7,10H,8-9H2,1H3,(H,18,19). The number of carboxylic acid groups (broad SMARTS) is 1. The van der Waals surface area contributed by atoms with Crippen molar-refractivity contribution in [1.82, 2.24) is 0 Å². The molecule has 0 aromatic heterocycles. The second-order valence-electron chi connectivity index (χ2n) is 5.29. The number of benzene rings is 2. The lowest BCUT2D eigenvalue weighted by molar-refractivity contribution is 0.0697. The van der Waals surface area contributed by atoms with E-state index in [1.54, 1.807) is 36.4 Å². The molecule has 22 heavy (non-hydrogen) atoms. The Morgan fingerprint density at radius 3 is 2.45 bits per heavy atom. The van der Waals surface area contributed by atoms with Gasteiger partial charge in [-0.3, -0.25) is 4.31 Å². The fourth-order valence-electron chi connectivity index (χ4n) is 2.59. The molecule has 0 aliphatic carbocycles. The third kappa shape index (κ3) is 2.35. The molecule has 0 bridgehead atoms. The maximum Gasteiger partial charge on any atom is 0.335 e. The number of carboxylic acids is 1. The van der Waals surface area contributed by atoms with E-state index in [1.807, 2.05) is 6.92 Å². The van der Waals surface area contributed by atoms with Gasteiger partial charge in [0.15, 0.2) is 0 Å². The Kier molecular flexibility index (Phi) is 3.41. The Morgan fingerprint density at radius 2 is 1.82 bits per heavy atom. The Hall–Kier alpha value is -2.34. The Labute approximate surface area is 128 Å². The zero-order valence-electron chi connectivity index (χ0n) is 12.0. The molecule has 1 aliphatic heterocycles. The lowest BCUT2D eigenvalue weighted by atomic mass is 10.1. The van der Waals surface area contributed by atoms with Crippen molar-refractivity contribution < 1.29 is 18.3 Å².